The zero-order valence-electron chi connectivity index (χ0n) is 11.9. The van der Waals surface area contributed by atoms with Gasteiger partial charge in [0, 0.05) is 11.1 Å². The summed E-state index contributed by atoms with van der Waals surface area (Å²) < 4.78 is 0. The zero-order chi connectivity index (χ0) is 15.5. The summed E-state index contributed by atoms with van der Waals surface area (Å²) >= 11 is 0. The number of Topliss-reactive ketones (excluding diaryl/α,β-unsaturated/α-hetero) is 1. The van der Waals surface area contributed by atoms with Crippen molar-refractivity contribution in [1.29, 1.82) is 0 Å². The lowest BCUT2D eigenvalue weighted by Gasteiger charge is -2.28. The van der Waals surface area contributed by atoms with E-state index in [2.05, 4.69) is 0 Å². The number of hydrogen-bond donors (Lipinski definition) is 4. The van der Waals surface area contributed by atoms with Gasteiger partial charge >= 0.3 is 0 Å². The number of carbonyl (C=O) groups excluding carboxylic acids is 1. The molecule has 0 aliphatic heterocycles. The summed E-state index contributed by atoms with van der Waals surface area (Å²) in [5.41, 5.74) is 12.3. The molecule has 0 amide bonds. The third kappa shape index (κ3) is 3.38. The van der Waals surface area contributed by atoms with E-state index in [9.17, 15) is 9.90 Å². The van der Waals surface area contributed by atoms with Crippen LogP contribution >= 0.6 is 0 Å². The molecule has 0 saturated carbocycles. The fourth-order valence-corrected chi connectivity index (χ4v) is 2.19. The second-order valence-corrected chi connectivity index (χ2v) is 4.84. The molecule has 6 heteroatoms. The summed E-state index contributed by atoms with van der Waals surface area (Å²) in [5.74, 6) is -0.607. The number of hydrogen-bond acceptors (Lipinski definition) is 5. The molecule has 0 saturated heterocycles. The van der Waals surface area contributed by atoms with Crippen molar-refractivity contribution in [2.75, 3.05) is 6.61 Å². The lowest BCUT2D eigenvalue weighted by atomic mass is 9.87. The van der Waals surface area contributed by atoms with E-state index in [1.165, 1.54) is 6.07 Å². The van der Waals surface area contributed by atoms with Gasteiger partial charge in [-0.2, -0.15) is 0 Å². The van der Waals surface area contributed by atoms with Crippen LogP contribution in [-0.2, 0) is 5.66 Å². The van der Waals surface area contributed by atoms with Crippen molar-refractivity contribution in [3.8, 4) is 0 Å². The minimum absolute atomic E-state index is 0. The molecule has 0 aliphatic carbocycles. The Morgan fingerprint density at radius 3 is 2.18 bits per heavy atom. The Kier molecular flexibility index (Phi) is 5.92. The molecule has 1 atom stereocenters. The highest BCUT2D eigenvalue weighted by Crippen LogP contribution is 2.25. The predicted molar refractivity (Wildman–Crippen MR) is 83.1 cm³/mol. The minimum Gasteiger partial charge on any atom is -0.412 e. The quantitative estimate of drug-likeness (QED) is 0.436. The third-order valence-corrected chi connectivity index (χ3v) is 3.37. The van der Waals surface area contributed by atoms with Crippen LogP contribution in [0.2, 0.25) is 0 Å². The van der Waals surface area contributed by atoms with Gasteiger partial charge in [0.05, 0.1) is 6.61 Å². The number of benzene rings is 2. The van der Waals surface area contributed by atoms with E-state index in [0.717, 1.165) is 0 Å². The minimum atomic E-state index is -1.49. The Morgan fingerprint density at radius 2 is 1.59 bits per heavy atom. The van der Waals surface area contributed by atoms with Crippen LogP contribution in [0.1, 0.15) is 21.5 Å². The lowest BCUT2D eigenvalue weighted by molar-refractivity contribution is 0.0585. The van der Waals surface area contributed by atoms with Gasteiger partial charge in [0.1, 0.15) is 11.8 Å². The maximum atomic E-state index is 12.2. The molecule has 118 valence electrons. The van der Waals surface area contributed by atoms with Crippen LogP contribution in [-0.4, -0.2) is 34.2 Å². The van der Waals surface area contributed by atoms with Crippen molar-refractivity contribution in [2.45, 2.75) is 11.8 Å². The van der Waals surface area contributed by atoms with E-state index in [4.69, 9.17) is 16.6 Å². The van der Waals surface area contributed by atoms with Crippen molar-refractivity contribution in [3.05, 3.63) is 71.3 Å². The first-order valence-electron chi connectivity index (χ1n) is 6.54. The maximum absolute atomic E-state index is 12.2. The first kappa shape index (κ1) is 18.0. The monoisotopic (exact) mass is 304 g/mol. The van der Waals surface area contributed by atoms with E-state index in [1.807, 2.05) is 6.07 Å². The number of aliphatic hydroxyl groups is 2. The lowest BCUT2D eigenvalue weighted by Crippen LogP contribution is -2.48. The number of carbonyl (C=O) groups is 1. The summed E-state index contributed by atoms with van der Waals surface area (Å²) in [6.45, 7) is -0.652. The Bertz CT molecular complexity index is 629. The van der Waals surface area contributed by atoms with Crippen LogP contribution in [0.4, 0.5) is 0 Å². The highest BCUT2D eigenvalue weighted by molar-refractivity contribution is 6.01. The fraction of sp³-hybridized carbons (Fsp3) is 0.188. The Morgan fingerprint density at radius 1 is 1.05 bits per heavy atom. The van der Waals surface area contributed by atoms with Gasteiger partial charge in [0.2, 0.25) is 0 Å². The number of nitrogens with two attached hydrogens (primary N) is 2. The van der Waals surface area contributed by atoms with E-state index in [-0.39, 0.29) is 11.0 Å². The standard InChI is InChI=1S/C16H18N2O3.H2O/c17-16(18,11-6-2-1-3-7-11)13-9-5-4-8-12(13)15(21)14(20)10-19;/h1-9,14,19-20H,10,17-18H2;1H2. The SMILES string of the molecule is NC(N)(c1ccccc1)c1ccccc1C(=O)C(O)CO.O. The number of aliphatic hydroxyl groups excluding tert-OH is 2. The van der Waals surface area contributed by atoms with Gasteiger partial charge in [0.25, 0.3) is 0 Å². The van der Waals surface area contributed by atoms with Gasteiger partial charge in [-0.15, -0.1) is 0 Å². The molecule has 0 radical (unpaired) electrons. The van der Waals surface area contributed by atoms with E-state index >= 15 is 0 Å². The topological polar surface area (TPSA) is 141 Å². The molecule has 6 nitrogen and oxygen atoms in total. The number of ketones is 1. The molecule has 0 heterocycles. The third-order valence-electron chi connectivity index (χ3n) is 3.37. The van der Waals surface area contributed by atoms with Crippen LogP contribution in [0.5, 0.6) is 0 Å². The molecule has 1 unspecified atom stereocenters. The van der Waals surface area contributed by atoms with Crippen molar-refractivity contribution in [3.63, 3.8) is 0 Å². The highest BCUT2D eigenvalue weighted by atomic mass is 16.3. The molecule has 0 fully saturated rings. The van der Waals surface area contributed by atoms with Crippen molar-refractivity contribution in [1.82, 2.24) is 0 Å². The van der Waals surface area contributed by atoms with Crippen molar-refractivity contribution >= 4 is 5.78 Å². The molecule has 22 heavy (non-hydrogen) atoms. The average molecular weight is 304 g/mol. The molecule has 0 aliphatic rings. The van der Waals surface area contributed by atoms with Crippen LogP contribution < -0.4 is 11.5 Å². The first-order valence-corrected chi connectivity index (χ1v) is 6.54. The summed E-state index contributed by atoms with van der Waals surface area (Å²) in [4.78, 5) is 12.2. The van der Waals surface area contributed by atoms with Gasteiger partial charge in [0.15, 0.2) is 5.78 Å². The Balaban J connectivity index is 0.00000242. The molecule has 0 spiro atoms. The fourth-order valence-electron chi connectivity index (χ4n) is 2.19. The summed E-state index contributed by atoms with van der Waals surface area (Å²) in [6, 6.07) is 15.5. The van der Waals surface area contributed by atoms with Crippen molar-refractivity contribution < 1.29 is 20.5 Å². The van der Waals surface area contributed by atoms with Gasteiger partial charge in [-0.3, -0.25) is 4.79 Å². The van der Waals surface area contributed by atoms with Crippen LogP contribution in [0.3, 0.4) is 0 Å². The van der Waals surface area contributed by atoms with E-state index in [1.54, 1.807) is 42.5 Å². The molecule has 0 aromatic heterocycles. The van der Waals surface area contributed by atoms with Crippen LogP contribution in [0.25, 0.3) is 0 Å². The molecular weight excluding hydrogens is 284 g/mol. The van der Waals surface area contributed by atoms with Gasteiger partial charge < -0.3 is 27.2 Å². The van der Waals surface area contributed by atoms with Gasteiger partial charge in [-0.05, 0) is 5.56 Å². The van der Waals surface area contributed by atoms with Crippen LogP contribution in [0, 0.1) is 0 Å². The van der Waals surface area contributed by atoms with Crippen molar-refractivity contribution in [2.24, 2.45) is 11.5 Å². The maximum Gasteiger partial charge on any atom is 0.194 e. The molecule has 8 N–H and O–H groups in total. The van der Waals surface area contributed by atoms with Crippen LogP contribution in [0.15, 0.2) is 54.6 Å². The summed E-state index contributed by atoms with van der Waals surface area (Å²) in [7, 11) is 0. The predicted octanol–water partition coefficient (Wildman–Crippen LogP) is -0.484. The zero-order valence-corrected chi connectivity index (χ0v) is 11.9. The molecule has 2 rings (SSSR count). The smallest absolute Gasteiger partial charge is 0.194 e. The molecule has 2 aromatic rings. The number of rotatable bonds is 5. The summed E-state index contributed by atoms with van der Waals surface area (Å²) in [5, 5.41) is 18.5. The largest absolute Gasteiger partial charge is 0.412 e. The first-order chi connectivity index (χ1) is 9.98. The highest BCUT2D eigenvalue weighted by Gasteiger charge is 2.30. The van der Waals surface area contributed by atoms with Gasteiger partial charge in [-0.25, -0.2) is 0 Å². The molecule has 0 bridgehead atoms. The summed E-state index contributed by atoms with van der Waals surface area (Å²) in [6.07, 6.45) is -1.49. The Labute approximate surface area is 128 Å². The molecular formula is C16H20N2O4. The molecule has 2 aromatic carbocycles. The second kappa shape index (κ2) is 7.26. The van der Waals surface area contributed by atoms with E-state index in [0.29, 0.717) is 11.1 Å². The Hall–Kier alpha value is -2.09. The van der Waals surface area contributed by atoms with Gasteiger partial charge in [-0.1, -0.05) is 54.6 Å². The van der Waals surface area contributed by atoms with E-state index < -0.39 is 24.2 Å². The average Bonchev–Trinajstić information content (AvgIpc) is 2.54. The second-order valence-electron chi connectivity index (χ2n) is 4.84. The normalized spacial score (nSPS) is 12.4.